The molecule has 0 radical (unpaired) electrons. The molecule has 1 fully saturated rings. The van der Waals surface area contributed by atoms with Gasteiger partial charge in [-0.05, 0) is 18.2 Å². The molecule has 10 nitrogen and oxygen atoms in total. The van der Waals surface area contributed by atoms with Crippen molar-refractivity contribution in [3.05, 3.63) is 24.0 Å². The molecule has 1 saturated heterocycles. The molecule has 0 saturated carbocycles. The largest absolute Gasteiger partial charge is 0.442 e. The fraction of sp³-hybridized carbons (Fsp3) is 0.438. The topological polar surface area (TPSA) is 112 Å². The number of ether oxygens (including phenoxy) is 1. The molecule has 1 aromatic carbocycles. The van der Waals surface area contributed by atoms with Gasteiger partial charge in [0.1, 0.15) is 18.3 Å². The summed E-state index contributed by atoms with van der Waals surface area (Å²) in [5.74, 6) is -0.822. The van der Waals surface area contributed by atoms with Gasteiger partial charge in [0, 0.05) is 13.5 Å². The fourth-order valence-electron chi connectivity index (χ4n) is 2.86. The molecule has 2 aliphatic rings. The SMILES string of the molecule is CC(=O)NCC1CN(c2ccc(N3C=NN(S(C)(=O)=O)CC3)c(F)c2)C(=O)O1. The van der Waals surface area contributed by atoms with Gasteiger partial charge in [0.15, 0.2) is 0 Å². The number of amides is 2. The molecule has 12 heteroatoms. The first-order valence-corrected chi connectivity index (χ1v) is 10.3. The second-order valence-electron chi connectivity index (χ2n) is 6.42. The standard InChI is InChI=1S/C16H20FN5O5S/c1-11(23)18-8-13-9-21(16(24)27-13)12-3-4-15(14(17)7-12)20-5-6-22(19-10-20)28(2,25)26/h3-4,7,10,13H,5-6,8-9H2,1-2H3,(H,18,23). The van der Waals surface area contributed by atoms with Crippen molar-refractivity contribution in [2.75, 3.05) is 42.2 Å². The van der Waals surface area contributed by atoms with Crippen molar-refractivity contribution >= 4 is 39.7 Å². The Kier molecular flexibility index (Phi) is 5.40. The number of hydrogen-bond donors (Lipinski definition) is 1. The first kappa shape index (κ1) is 19.9. The van der Waals surface area contributed by atoms with Crippen LogP contribution in [0.5, 0.6) is 0 Å². The van der Waals surface area contributed by atoms with Gasteiger partial charge in [-0.25, -0.2) is 17.6 Å². The average Bonchev–Trinajstić information content (AvgIpc) is 3.00. The van der Waals surface area contributed by atoms with Crippen molar-refractivity contribution in [2.45, 2.75) is 13.0 Å². The summed E-state index contributed by atoms with van der Waals surface area (Å²) in [6.45, 7) is 2.06. The van der Waals surface area contributed by atoms with E-state index in [9.17, 15) is 22.4 Å². The first-order valence-electron chi connectivity index (χ1n) is 8.46. The number of nitrogens with zero attached hydrogens (tertiary/aromatic N) is 4. The van der Waals surface area contributed by atoms with Crippen LogP contribution in [0.4, 0.5) is 20.6 Å². The van der Waals surface area contributed by atoms with E-state index in [0.29, 0.717) is 5.69 Å². The predicted octanol–water partition coefficient (Wildman–Crippen LogP) is 0.312. The number of benzene rings is 1. The Labute approximate surface area is 161 Å². The van der Waals surface area contributed by atoms with Crippen molar-refractivity contribution in [1.82, 2.24) is 9.73 Å². The Morgan fingerprint density at radius 2 is 2.14 bits per heavy atom. The first-order chi connectivity index (χ1) is 13.1. The van der Waals surface area contributed by atoms with Gasteiger partial charge in [0.2, 0.25) is 15.9 Å². The van der Waals surface area contributed by atoms with Crippen LogP contribution in [-0.4, -0.2) is 69.7 Å². The molecular weight excluding hydrogens is 393 g/mol. The van der Waals surface area contributed by atoms with Crippen LogP contribution in [0.25, 0.3) is 0 Å². The molecule has 152 valence electrons. The van der Waals surface area contributed by atoms with Crippen molar-refractivity contribution in [3.63, 3.8) is 0 Å². The summed E-state index contributed by atoms with van der Waals surface area (Å²) in [4.78, 5) is 25.8. The molecule has 0 bridgehead atoms. The maximum Gasteiger partial charge on any atom is 0.414 e. The Morgan fingerprint density at radius 3 is 2.71 bits per heavy atom. The van der Waals surface area contributed by atoms with Gasteiger partial charge in [-0.3, -0.25) is 9.69 Å². The molecule has 2 amide bonds. The third-order valence-corrected chi connectivity index (χ3v) is 5.28. The number of anilines is 2. The zero-order valence-electron chi connectivity index (χ0n) is 15.3. The van der Waals surface area contributed by atoms with E-state index >= 15 is 0 Å². The maximum absolute atomic E-state index is 14.6. The van der Waals surface area contributed by atoms with E-state index in [0.717, 1.165) is 10.7 Å². The molecule has 1 N–H and O–H groups in total. The van der Waals surface area contributed by atoms with Crippen LogP contribution in [0.2, 0.25) is 0 Å². The number of carbonyl (C=O) groups is 2. The minimum atomic E-state index is -3.45. The van der Waals surface area contributed by atoms with Crippen molar-refractivity contribution in [2.24, 2.45) is 5.10 Å². The van der Waals surface area contributed by atoms with Crippen molar-refractivity contribution in [3.8, 4) is 0 Å². The van der Waals surface area contributed by atoms with Crippen LogP contribution in [0, 0.1) is 5.82 Å². The van der Waals surface area contributed by atoms with Crippen LogP contribution >= 0.6 is 0 Å². The Hall–Kier alpha value is -2.89. The summed E-state index contributed by atoms with van der Waals surface area (Å²) < 4.78 is 43.7. The van der Waals surface area contributed by atoms with E-state index in [2.05, 4.69) is 10.4 Å². The van der Waals surface area contributed by atoms with E-state index in [-0.39, 0.29) is 37.8 Å². The summed E-state index contributed by atoms with van der Waals surface area (Å²) in [7, 11) is -3.45. The zero-order valence-corrected chi connectivity index (χ0v) is 16.1. The highest BCUT2D eigenvalue weighted by Gasteiger charge is 2.33. The molecule has 28 heavy (non-hydrogen) atoms. The fourth-order valence-corrected chi connectivity index (χ4v) is 3.48. The summed E-state index contributed by atoms with van der Waals surface area (Å²) in [5, 5.41) is 6.39. The van der Waals surface area contributed by atoms with Gasteiger partial charge in [0.05, 0.1) is 37.3 Å². The lowest BCUT2D eigenvalue weighted by atomic mass is 10.2. The van der Waals surface area contributed by atoms with Gasteiger partial charge in [-0.15, -0.1) is 0 Å². The molecule has 0 aliphatic carbocycles. The molecule has 1 atom stereocenters. The molecule has 2 aliphatic heterocycles. The van der Waals surface area contributed by atoms with Crippen LogP contribution < -0.4 is 15.1 Å². The smallest absolute Gasteiger partial charge is 0.414 e. The summed E-state index contributed by atoms with van der Waals surface area (Å²) >= 11 is 0. The number of sulfonamides is 1. The van der Waals surface area contributed by atoms with Gasteiger partial charge < -0.3 is 15.0 Å². The number of hydrazone groups is 1. The Morgan fingerprint density at radius 1 is 1.39 bits per heavy atom. The number of nitrogens with one attached hydrogen (secondary N) is 1. The third-order valence-electron chi connectivity index (χ3n) is 4.24. The van der Waals surface area contributed by atoms with E-state index in [1.165, 1.54) is 35.2 Å². The van der Waals surface area contributed by atoms with Gasteiger partial charge in [-0.1, -0.05) is 0 Å². The predicted molar refractivity (Wildman–Crippen MR) is 100 cm³/mol. The highest BCUT2D eigenvalue weighted by atomic mass is 32.2. The lowest BCUT2D eigenvalue weighted by Crippen LogP contribution is -2.40. The molecule has 2 heterocycles. The number of halogens is 1. The van der Waals surface area contributed by atoms with E-state index in [1.54, 1.807) is 6.07 Å². The van der Waals surface area contributed by atoms with Crippen LogP contribution in [0.3, 0.4) is 0 Å². The highest BCUT2D eigenvalue weighted by molar-refractivity contribution is 7.88. The second kappa shape index (κ2) is 7.62. The molecule has 1 aromatic rings. The van der Waals surface area contributed by atoms with E-state index < -0.39 is 28.0 Å². The summed E-state index contributed by atoms with van der Waals surface area (Å²) in [6.07, 6.45) is 1.15. The van der Waals surface area contributed by atoms with Crippen LogP contribution in [-0.2, 0) is 19.6 Å². The molecular formula is C16H20FN5O5S. The van der Waals surface area contributed by atoms with Gasteiger partial charge >= 0.3 is 6.09 Å². The lowest BCUT2D eigenvalue weighted by molar-refractivity contribution is -0.119. The summed E-state index contributed by atoms with van der Waals surface area (Å²) in [6, 6.07) is 4.26. The number of rotatable bonds is 5. The Bertz CT molecular complexity index is 922. The summed E-state index contributed by atoms with van der Waals surface area (Å²) in [5.41, 5.74) is 0.534. The van der Waals surface area contributed by atoms with E-state index in [4.69, 9.17) is 4.74 Å². The quantitative estimate of drug-likeness (QED) is 0.744. The highest BCUT2D eigenvalue weighted by Crippen LogP contribution is 2.28. The van der Waals surface area contributed by atoms with Crippen molar-refractivity contribution < 1.29 is 27.1 Å². The van der Waals surface area contributed by atoms with Gasteiger partial charge in [0.25, 0.3) is 0 Å². The van der Waals surface area contributed by atoms with E-state index in [1.807, 2.05) is 0 Å². The Balaban J connectivity index is 1.71. The third kappa shape index (κ3) is 4.32. The van der Waals surface area contributed by atoms with Crippen molar-refractivity contribution in [1.29, 1.82) is 0 Å². The number of hydrogen-bond acceptors (Lipinski definition) is 7. The minimum Gasteiger partial charge on any atom is -0.442 e. The maximum atomic E-state index is 14.6. The molecule has 3 rings (SSSR count). The zero-order chi connectivity index (χ0) is 20.5. The second-order valence-corrected chi connectivity index (χ2v) is 8.31. The monoisotopic (exact) mass is 413 g/mol. The van der Waals surface area contributed by atoms with Crippen LogP contribution in [0.15, 0.2) is 23.3 Å². The minimum absolute atomic E-state index is 0.0970. The molecule has 1 unspecified atom stereocenters. The lowest BCUT2D eigenvalue weighted by Gasteiger charge is -2.28. The number of cyclic esters (lactones) is 1. The molecule has 0 spiro atoms. The van der Waals surface area contributed by atoms with Gasteiger partial charge in [-0.2, -0.15) is 9.52 Å². The normalized spacial score (nSPS) is 19.8. The van der Waals surface area contributed by atoms with Crippen LogP contribution in [0.1, 0.15) is 6.92 Å². The number of carbonyl (C=O) groups excluding carboxylic acids is 2. The molecule has 0 aromatic heterocycles. The average molecular weight is 413 g/mol.